The van der Waals surface area contributed by atoms with Crippen molar-refractivity contribution in [1.82, 2.24) is 0 Å². The van der Waals surface area contributed by atoms with E-state index in [9.17, 15) is 4.79 Å². The Hall–Kier alpha value is 0.330. The lowest BCUT2D eigenvalue weighted by Crippen LogP contribution is -2.49. The highest BCUT2D eigenvalue weighted by molar-refractivity contribution is 8.18. The van der Waals surface area contributed by atoms with Gasteiger partial charge in [-0.05, 0) is 50.5 Å². The van der Waals surface area contributed by atoms with E-state index in [2.05, 4.69) is 30.4 Å². The van der Waals surface area contributed by atoms with Gasteiger partial charge < -0.3 is 9.53 Å². The van der Waals surface area contributed by atoms with Crippen molar-refractivity contribution in [3.8, 4) is 0 Å². The van der Waals surface area contributed by atoms with Gasteiger partial charge in [0.1, 0.15) is 6.29 Å². The van der Waals surface area contributed by atoms with E-state index < -0.39 is 0 Å². The molecule has 4 heteroatoms. The maximum absolute atomic E-state index is 12.1. The number of thioether (sulfide) groups is 2. The Morgan fingerprint density at radius 3 is 2.65 bits per heavy atom. The number of aldehydes is 1. The smallest absolute Gasteiger partial charge is 0.129 e. The first-order chi connectivity index (χ1) is 9.66. The molecule has 3 aliphatic heterocycles. The standard InChI is InChI=1S/C16H24O2S2/c1-14-7-8-16(19-9-4-10-20-16)13(18-14)12-5-2-3-6-15(12,14)11-17/h11-13H,2-10H2,1H3/t12-,13+,14+,15+/m1/s1. The fraction of sp³-hybridized carbons (Fsp3) is 0.938. The predicted molar refractivity (Wildman–Crippen MR) is 85.2 cm³/mol. The Kier molecular flexibility index (Phi) is 3.25. The molecule has 0 N–H and O–H groups in total. The first-order valence-corrected chi connectivity index (χ1v) is 10.1. The lowest BCUT2D eigenvalue weighted by Gasteiger charge is -2.47. The van der Waals surface area contributed by atoms with Crippen LogP contribution in [-0.2, 0) is 9.53 Å². The molecular weight excluding hydrogens is 288 g/mol. The zero-order valence-corrected chi connectivity index (χ0v) is 13.9. The van der Waals surface area contributed by atoms with Crippen molar-refractivity contribution < 1.29 is 9.53 Å². The van der Waals surface area contributed by atoms with Gasteiger partial charge in [-0.25, -0.2) is 0 Å². The summed E-state index contributed by atoms with van der Waals surface area (Å²) in [5.41, 5.74) is -0.369. The van der Waals surface area contributed by atoms with Crippen LogP contribution in [0.5, 0.6) is 0 Å². The van der Waals surface area contributed by atoms with Crippen LogP contribution in [0.4, 0.5) is 0 Å². The summed E-state index contributed by atoms with van der Waals surface area (Å²) in [6, 6.07) is 0. The van der Waals surface area contributed by atoms with E-state index >= 15 is 0 Å². The Balaban J connectivity index is 1.76. The fourth-order valence-corrected chi connectivity index (χ4v) is 8.72. The highest BCUT2D eigenvalue weighted by Crippen LogP contribution is 2.68. The van der Waals surface area contributed by atoms with E-state index in [1.165, 1.54) is 49.9 Å². The molecule has 0 aromatic carbocycles. The average Bonchev–Trinajstić information content (AvgIpc) is 2.73. The Labute approximate surface area is 130 Å². The normalized spacial score (nSPS) is 49.9. The molecule has 1 spiro atoms. The van der Waals surface area contributed by atoms with Gasteiger partial charge in [-0.2, -0.15) is 0 Å². The molecule has 0 radical (unpaired) electrons. The van der Waals surface area contributed by atoms with Crippen LogP contribution in [0.2, 0.25) is 0 Å². The molecule has 2 nitrogen and oxygen atoms in total. The molecule has 3 saturated heterocycles. The molecule has 4 rings (SSSR count). The van der Waals surface area contributed by atoms with Crippen LogP contribution in [0, 0.1) is 11.3 Å². The molecule has 4 atom stereocenters. The van der Waals surface area contributed by atoms with Crippen LogP contribution in [0.25, 0.3) is 0 Å². The van der Waals surface area contributed by atoms with Gasteiger partial charge >= 0.3 is 0 Å². The molecule has 4 fully saturated rings. The largest absolute Gasteiger partial charge is 0.368 e. The summed E-state index contributed by atoms with van der Waals surface area (Å²) in [6.45, 7) is 2.23. The summed E-state index contributed by atoms with van der Waals surface area (Å²) in [4.78, 5) is 12.1. The van der Waals surface area contributed by atoms with E-state index in [0.717, 1.165) is 12.8 Å². The third-order valence-corrected chi connectivity index (χ3v) is 9.87. The van der Waals surface area contributed by atoms with Gasteiger partial charge in [0.25, 0.3) is 0 Å². The summed E-state index contributed by atoms with van der Waals surface area (Å²) in [5.74, 6) is 3.01. The molecule has 0 unspecified atom stereocenters. The molecule has 4 aliphatic rings. The van der Waals surface area contributed by atoms with E-state index in [1.54, 1.807) is 0 Å². The highest BCUT2D eigenvalue weighted by Gasteiger charge is 2.70. The molecule has 0 amide bonds. The molecule has 2 bridgehead atoms. The molecular formula is C16H24O2S2. The molecule has 20 heavy (non-hydrogen) atoms. The zero-order chi connectivity index (χ0) is 13.8. The number of carbonyl (C=O) groups is 1. The Morgan fingerprint density at radius 2 is 1.90 bits per heavy atom. The number of fused-ring (bicyclic) bond motifs is 6. The molecule has 1 saturated carbocycles. The third kappa shape index (κ3) is 1.62. The van der Waals surface area contributed by atoms with Crippen LogP contribution in [-0.4, -0.2) is 33.6 Å². The summed E-state index contributed by atoms with van der Waals surface area (Å²) in [6.07, 6.45) is 9.96. The van der Waals surface area contributed by atoms with Crippen LogP contribution in [0.3, 0.4) is 0 Å². The summed E-state index contributed by atoms with van der Waals surface area (Å²) in [5, 5.41) is 0. The van der Waals surface area contributed by atoms with Crippen molar-refractivity contribution >= 4 is 29.8 Å². The maximum Gasteiger partial charge on any atom is 0.129 e. The van der Waals surface area contributed by atoms with Gasteiger partial charge in [0.2, 0.25) is 0 Å². The number of rotatable bonds is 1. The van der Waals surface area contributed by atoms with E-state index in [0.29, 0.717) is 12.0 Å². The average molecular weight is 313 g/mol. The number of hydrogen-bond donors (Lipinski definition) is 0. The van der Waals surface area contributed by atoms with Gasteiger partial charge in [0, 0.05) is 5.92 Å². The van der Waals surface area contributed by atoms with Crippen LogP contribution in [0.15, 0.2) is 0 Å². The SMILES string of the molecule is C[C@@]12CCC3(SCCCS3)[C@@H](O1)[C@H]1CCCC[C@]12C=O. The second-order valence-electron chi connectivity index (χ2n) is 7.14. The predicted octanol–water partition coefficient (Wildman–Crippen LogP) is 3.88. The highest BCUT2D eigenvalue weighted by atomic mass is 32.2. The zero-order valence-electron chi connectivity index (χ0n) is 12.2. The lowest BCUT2D eigenvalue weighted by molar-refractivity contribution is -0.137. The van der Waals surface area contributed by atoms with Crippen LogP contribution < -0.4 is 0 Å². The minimum Gasteiger partial charge on any atom is -0.368 e. The van der Waals surface area contributed by atoms with Gasteiger partial charge in [-0.1, -0.05) is 12.8 Å². The Bertz CT molecular complexity index is 421. The first kappa shape index (κ1) is 14.0. The van der Waals surface area contributed by atoms with Gasteiger partial charge in [-0.15, -0.1) is 23.5 Å². The number of hydrogen-bond acceptors (Lipinski definition) is 4. The van der Waals surface area contributed by atoms with Crippen molar-refractivity contribution in [2.24, 2.45) is 11.3 Å². The Morgan fingerprint density at radius 1 is 1.10 bits per heavy atom. The minimum absolute atomic E-state index is 0.183. The van der Waals surface area contributed by atoms with Crippen molar-refractivity contribution in [2.75, 3.05) is 11.5 Å². The van der Waals surface area contributed by atoms with Crippen LogP contribution >= 0.6 is 23.5 Å². The molecule has 0 aromatic heterocycles. The first-order valence-electron chi connectivity index (χ1n) is 8.08. The summed E-state index contributed by atoms with van der Waals surface area (Å²) < 4.78 is 6.90. The second-order valence-corrected chi connectivity index (χ2v) is 10.3. The maximum atomic E-state index is 12.1. The van der Waals surface area contributed by atoms with Crippen LogP contribution in [0.1, 0.15) is 51.9 Å². The number of ether oxygens (including phenoxy) is 1. The van der Waals surface area contributed by atoms with Gasteiger partial charge in [0.05, 0.1) is 21.2 Å². The summed E-state index contributed by atoms with van der Waals surface area (Å²) in [7, 11) is 0. The van der Waals surface area contributed by atoms with Crippen molar-refractivity contribution in [3.63, 3.8) is 0 Å². The topological polar surface area (TPSA) is 26.3 Å². The monoisotopic (exact) mass is 312 g/mol. The second kappa shape index (κ2) is 4.66. The molecule has 0 aromatic rings. The molecule has 1 aliphatic carbocycles. The van der Waals surface area contributed by atoms with E-state index in [4.69, 9.17) is 4.74 Å². The van der Waals surface area contributed by atoms with Crippen molar-refractivity contribution in [3.05, 3.63) is 0 Å². The molecule has 3 heterocycles. The quantitative estimate of drug-likeness (QED) is 0.686. The van der Waals surface area contributed by atoms with Crippen molar-refractivity contribution in [2.45, 2.75) is 67.7 Å². The number of carbonyl (C=O) groups excluding carboxylic acids is 1. The van der Waals surface area contributed by atoms with Gasteiger partial charge in [-0.3, -0.25) is 0 Å². The fourth-order valence-electron chi connectivity index (χ4n) is 5.19. The summed E-state index contributed by atoms with van der Waals surface area (Å²) >= 11 is 4.26. The lowest BCUT2D eigenvalue weighted by atomic mass is 9.60. The minimum atomic E-state index is -0.186. The van der Waals surface area contributed by atoms with E-state index in [-0.39, 0.29) is 15.1 Å². The molecule has 112 valence electrons. The third-order valence-electron chi connectivity index (χ3n) is 6.33. The van der Waals surface area contributed by atoms with E-state index in [1.807, 2.05) is 0 Å². The van der Waals surface area contributed by atoms with Gasteiger partial charge in [0.15, 0.2) is 0 Å². The van der Waals surface area contributed by atoms with Crippen molar-refractivity contribution in [1.29, 1.82) is 0 Å².